The Labute approximate surface area is 262 Å². The number of aliphatic carboxylic acids is 1. The molecule has 1 aliphatic carbocycles. The lowest BCUT2D eigenvalue weighted by Crippen LogP contribution is -2.44. The number of benzene rings is 4. The van der Waals surface area contributed by atoms with Crippen molar-refractivity contribution in [2.45, 2.75) is 31.6 Å². The van der Waals surface area contributed by atoms with Crippen molar-refractivity contribution in [2.75, 3.05) is 32.1 Å². The van der Waals surface area contributed by atoms with Crippen molar-refractivity contribution >= 4 is 23.7 Å². The van der Waals surface area contributed by atoms with Gasteiger partial charge in [0, 0.05) is 36.7 Å². The van der Waals surface area contributed by atoms with Gasteiger partial charge in [0.25, 0.3) is 0 Å². The number of carbonyl (C=O) groups is 3. The van der Waals surface area contributed by atoms with Crippen LogP contribution in [-0.2, 0) is 20.7 Å². The molecule has 1 aliphatic heterocycles. The summed E-state index contributed by atoms with van der Waals surface area (Å²) >= 11 is 0. The monoisotopic (exact) mass is 604 g/mol. The van der Waals surface area contributed by atoms with Gasteiger partial charge in [0.2, 0.25) is 5.91 Å². The molecule has 1 fully saturated rings. The number of methoxy groups -OCH3 is 1. The van der Waals surface area contributed by atoms with E-state index in [1.165, 1.54) is 11.1 Å². The number of piperidine rings is 1. The summed E-state index contributed by atoms with van der Waals surface area (Å²) in [4.78, 5) is 39.6. The van der Waals surface area contributed by atoms with E-state index in [1.807, 2.05) is 66.7 Å². The molecule has 2 amide bonds. The summed E-state index contributed by atoms with van der Waals surface area (Å²) in [5, 5.41) is 12.3. The number of ether oxygens (including phenoxy) is 2. The fourth-order valence-electron chi connectivity index (χ4n) is 6.50. The number of amides is 2. The highest BCUT2D eigenvalue weighted by molar-refractivity contribution is 5.97. The van der Waals surface area contributed by atoms with Crippen molar-refractivity contribution in [3.63, 3.8) is 0 Å². The average Bonchev–Trinajstić information content (AvgIpc) is 3.40. The molecule has 0 bridgehead atoms. The summed E-state index contributed by atoms with van der Waals surface area (Å²) in [5.41, 5.74) is 7.76. The van der Waals surface area contributed by atoms with Gasteiger partial charge in [-0.3, -0.25) is 9.59 Å². The maximum atomic E-state index is 13.5. The van der Waals surface area contributed by atoms with Gasteiger partial charge < -0.3 is 24.8 Å². The third kappa shape index (κ3) is 6.41. The zero-order valence-electron chi connectivity index (χ0n) is 25.2. The molecule has 1 heterocycles. The number of likely N-dealkylation sites (tertiary alicyclic amines) is 1. The third-order valence-electron chi connectivity index (χ3n) is 8.77. The molecule has 1 atom stereocenters. The molecule has 2 aliphatic rings. The largest absolute Gasteiger partial charge is 0.496 e. The van der Waals surface area contributed by atoms with Crippen LogP contribution in [0.15, 0.2) is 91.0 Å². The Balaban J connectivity index is 1.11. The highest BCUT2D eigenvalue weighted by Gasteiger charge is 2.32. The first-order chi connectivity index (χ1) is 21.9. The molecule has 8 nitrogen and oxygen atoms in total. The highest BCUT2D eigenvalue weighted by atomic mass is 16.6. The summed E-state index contributed by atoms with van der Waals surface area (Å²) in [6, 6.07) is 29.6. The minimum absolute atomic E-state index is 0.0138. The number of nitrogens with one attached hydrogen (secondary N) is 1. The van der Waals surface area contributed by atoms with Gasteiger partial charge in [0.05, 0.1) is 13.0 Å². The normalized spacial score (nSPS) is 15.6. The zero-order valence-corrected chi connectivity index (χ0v) is 25.2. The number of para-hydroxylation sites is 1. The summed E-state index contributed by atoms with van der Waals surface area (Å²) in [5.74, 6) is -0.816. The summed E-state index contributed by atoms with van der Waals surface area (Å²) < 4.78 is 11.3. The van der Waals surface area contributed by atoms with Gasteiger partial charge in [-0.05, 0) is 70.8 Å². The van der Waals surface area contributed by atoms with E-state index in [4.69, 9.17) is 9.47 Å². The van der Waals surface area contributed by atoms with E-state index in [0.29, 0.717) is 37.2 Å². The molecule has 230 valence electrons. The molecule has 0 radical (unpaired) electrons. The molecular formula is C37H36N2O6. The first kappa shape index (κ1) is 29.9. The molecule has 45 heavy (non-hydrogen) atoms. The van der Waals surface area contributed by atoms with Crippen molar-refractivity contribution in [1.82, 2.24) is 4.90 Å². The van der Waals surface area contributed by atoms with Gasteiger partial charge in [-0.2, -0.15) is 0 Å². The molecule has 0 saturated carbocycles. The maximum absolute atomic E-state index is 13.5. The standard InChI is InChI=1S/C37H36N2O6/c1-44-34-18-16-24(21-25(34)17-19-35(40)41)27-10-6-7-15-33(27)38-36(42)26-9-8-20-39(22-26)37(43)45-23-32-30-13-4-2-11-28(30)29-12-3-5-14-31(29)32/h2-7,10-16,18,21,26,32H,8-9,17,19-20,22-23H2,1H3,(H,38,42)(H,40,41)/t26-/m1/s1. The maximum Gasteiger partial charge on any atom is 0.409 e. The van der Waals surface area contributed by atoms with E-state index in [2.05, 4.69) is 29.6 Å². The Hall–Kier alpha value is -5.11. The molecule has 6 rings (SSSR count). The number of aryl methyl sites for hydroxylation is 1. The molecule has 0 aromatic heterocycles. The number of carboxylic acid groups (broad SMARTS) is 1. The Morgan fingerprint density at radius 1 is 0.889 bits per heavy atom. The number of fused-ring (bicyclic) bond motifs is 3. The lowest BCUT2D eigenvalue weighted by atomic mass is 9.96. The molecule has 2 N–H and O–H groups in total. The third-order valence-corrected chi connectivity index (χ3v) is 8.77. The van der Waals surface area contributed by atoms with E-state index in [0.717, 1.165) is 27.8 Å². The first-order valence-electron chi connectivity index (χ1n) is 15.3. The molecule has 1 saturated heterocycles. The molecular weight excluding hydrogens is 568 g/mol. The fourth-order valence-corrected chi connectivity index (χ4v) is 6.50. The Bertz CT molecular complexity index is 1690. The second-order valence-corrected chi connectivity index (χ2v) is 11.5. The van der Waals surface area contributed by atoms with Crippen LogP contribution in [0.4, 0.5) is 10.5 Å². The number of hydrogen-bond donors (Lipinski definition) is 2. The van der Waals surface area contributed by atoms with Gasteiger partial charge in [-0.1, -0.05) is 72.8 Å². The van der Waals surface area contributed by atoms with Crippen LogP contribution in [-0.4, -0.2) is 54.8 Å². The number of hydrogen-bond acceptors (Lipinski definition) is 5. The molecule has 4 aromatic carbocycles. The molecule has 0 unspecified atom stereocenters. The number of carboxylic acids is 1. The van der Waals surface area contributed by atoms with E-state index in [1.54, 1.807) is 12.0 Å². The van der Waals surface area contributed by atoms with E-state index >= 15 is 0 Å². The predicted molar refractivity (Wildman–Crippen MR) is 172 cm³/mol. The Morgan fingerprint density at radius 3 is 2.24 bits per heavy atom. The second-order valence-electron chi connectivity index (χ2n) is 11.5. The van der Waals surface area contributed by atoms with E-state index < -0.39 is 12.1 Å². The van der Waals surface area contributed by atoms with Crippen molar-refractivity contribution < 1.29 is 29.0 Å². The Kier molecular flexibility index (Phi) is 8.82. The summed E-state index contributed by atoms with van der Waals surface area (Å²) in [7, 11) is 1.56. The van der Waals surface area contributed by atoms with Crippen LogP contribution in [0.3, 0.4) is 0 Å². The van der Waals surface area contributed by atoms with Gasteiger partial charge in [0.1, 0.15) is 12.4 Å². The fraction of sp³-hybridized carbons (Fsp3) is 0.270. The zero-order chi connectivity index (χ0) is 31.3. The SMILES string of the molecule is COc1ccc(-c2ccccc2NC(=O)[C@@H]2CCCN(C(=O)OCC3c4ccccc4-c4ccccc43)C2)cc1CCC(=O)O. The van der Waals surface area contributed by atoms with Crippen LogP contribution >= 0.6 is 0 Å². The predicted octanol–water partition coefficient (Wildman–Crippen LogP) is 6.98. The highest BCUT2D eigenvalue weighted by Crippen LogP contribution is 2.44. The van der Waals surface area contributed by atoms with Crippen LogP contribution < -0.4 is 10.1 Å². The van der Waals surface area contributed by atoms with Crippen LogP contribution in [0.2, 0.25) is 0 Å². The van der Waals surface area contributed by atoms with E-state index in [9.17, 15) is 19.5 Å². The lowest BCUT2D eigenvalue weighted by molar-refractivity contribution is -0.137. The van der Waals surface area contributed by atoms with Crippen LogP contribution in [0, 0.1) is 5.92 Å². The van der Waals surface area contributed by atoms with Crippen molar-refractivity contribution in [3.05, 3.63) is 108 Å². The summed E-state index contributed by atoms with van der Waals surface area (Å²) in [6.45, 7) is 1.07. The lowest BCUT2D eigenvalue weighted by Gasteiger charge is -2.31. The summed E-state index contributed by atoms with van der Waals surface area (Å²) in [6.07, 6.45) is 1.29. The number of nitrogens with zero attached hydrogens (tertiary/aromatic N) is 1. The van der Waals surface area contributed by atoms with Crippen molar-refractivity contribution in [1.29, 1.82) is 0 Å². The smallest absolute Gasteiger partial charge is 0.409 e. The topological polar surface area (TPSA) is 105 Å². The average molecular weight is 605 g/mol. The van der Waals surface area contributed by atoms with Gasteiger partial charge >= 0.3 is 12.1 Å². The van der Waals surface area contributed by atoms with Crippen molar-refractivity contribution in [3.8, 4) is 28.0 Å². The van der Waals surface area contributed by atoms with E-state index in [-0.39, 0.29) is 37.3 Å². The molecule has 8 heteroatoms. The molecule has 4 aromatic rings. The quantitative estimate of drug-likeness (QED) is 0.214. The van der Waals surface area contributed by atoms with Crippen molar-refractivity contribution in [2.24, 2.45) is 5.92 Å². The number of rotatable bonds is 9. The van der Waals surface area contributed by atoms with Gasteiger partial charge in [0.15, 0.2) is 0 Å². The van der Waals surface area contributed by atoms with Gasteiger partial charge in [-0.25, -0.2) is 4.79 Å². The Morgan fingerprint density at radius 2 is 1.56 bits per heavy atom. The van der Waals surface area contributed by atoms with Crippen LogP contribution in [0.25, 0.3) is 22.3 Å². The minimum Gasteiger partial charge on any atom is -0.496 e. The number of anilines is 1. The van der Waals surface area contributed by atoms with Gasteiger partial charge in [-0.15, -0.1) is 0 Å². The first-order valence-corrected chi connectivity index (χ1v) is 15.3. The van der Waals surface area contributed by atoms with Crippen LogP contribution in [0.1, 0.15) is 41.9 Å². The molecule has 0 spiro atoms. The second kappa shape index (κ2) is 13.3. The van der Waals surface area contributed by atoms with Crippen LogP contribution in [0.5, 0.6) is 5.75 Å². The number of carbonyl (C=O) groups excluding carboxylic acids is 2. The minimum atomic E-state index is -0.880.